The third kappa shape index (κ3) is 5.73. The van der Waals surface area contributed by atoms with Gasteiger partial charge in [0, 0.05) is 19.1 Å². The van der Waals surface area contributed by atoms with Gasteiger partial charge in [0.05, 0.1) is 7.11 Å². The zero-order chi connectivity index (χ0) is 17.4. The van der Waals surface area contributed by atoms with Crippen LogP contribution in [0.3, 0.4) is 0 Å². The van der Waals surface area contributed by atoms with Crippen LogP contribution < -0.4 is 14.2 Å². The maximum Gasteiger partial charge on any atom is 0.276 e. The average Bonchev–Trinajstić information content (AvgIpc) is 2.61. The second-order valence-corrected chi connectivity index (χ2v) is 7.72. The van der Waals surface area contributed by atoms with Crippen LogP contribution in [0, 0.1) is 0 Å². The Hall–Kier alpha value is -1.15. The van der Waals surface area contributed by atoms with Crippen LogP contribution in [0.25, 0.3) is 0 Å². The standard InChI is InChI=1S/C17H29N3O3S/c1-3-10-18-24(21,22)19-14-17(20-11-5-4-6-12-20)15-8-7-9-16(13-15)23-2/h7-9,13,17-19H,3-6,10-12,14H2,1-2H3. The zero-order valence-corrected chi connectivity index (χ0v) is 15.4. The van der Waals surface area contributed by atoms with Gasteiger partial charge in [0.2, 0.25) is 0 Å². The van der Waals surface area contributed by atoms with Gasteiger partial charge in [-0.25, -0.2) is 9.44 Å². The second-order valence-electron chi connectivity index (χ2n) is 6.14. The van der Waals surface area contributed by atoms with Gasteiger partial charge in [0.25, 0.3) is 10.2 Å². The highest BCUT2D eigenvalue weighted by atomic mass is 32.2. The predicted molar refractivity (Wildman–Crippen MR) is 96.4 cm³/mol. The Balaban J connectivity index is 2.13. The number of nitrogens with one attached hydrogen (secondary N) is 2. The summed E-state index contributed by atoms with van der Waals surface area (Å²) in [4.78, 5) is 2.36. The quantitative estimate of drug-likeness (QED) is 0.711. The van der Waals surface area contributed by atoms with E-state index in [1.165, 1.54) is 6.42 Å². The predicted octanol–water partition coefficient (Wildman–Crippen LogP) is 2.06. The van der Waals surface area contributed by atoms with Crippen molar-refractivity contribution in [3.8, 4) is 5.75 Å². The van der Waals surface area contributed by atoms with E-state index in [4.69, 9.17) is 4.74 Å². The van der Waals surface area contributed by atoms with Crippen molar-refractivity contribution in [2.24, 2.45) is 0 Å². The van der Waals surface area contributed by atoms with Crippen LogP contribution in [-0.2, 0) is 10.2 Å². The number of piperidine rings is 1. The normalized spacial score (nSPS) is 17.6. The first-order valence-corrected chi connectivity index (χ1v) is 10.2. The summed E-state index contributed by atoms with van der Waals surface area (Å²) in [6.07, 6.45) is 4.32. The lowest BCUT2D eigenvalue weighted by Gasteiger charge is -2.35. The fourth-order valence-corrected chi connectivity index (χ4v) is 3.96. The number of nitrogens with zero attached hydrogens (tertiary/aromatic N) is 1. The van der Waals surface area contributed by atoms with Gasteiger partial charge in [-0.05, 0) is 50.0 Å². The molecule has 7 heteroatoms. The fraction of sp³-hybridized carbons (Fsp3) is 0.647. The lowest BCUT2D eigenvalue weighted by molar-refractivity contribution is 0.164. The Labute approximate surface area is 145 Å². The monoisotopic (exact) mass is 355 g/mol. The topological polar surface area (TPSA) is 70.7 Å². The van der Waals surface area contributed by atoms with Gasteiger partial charge in [-0.15, -0.1) is 0 Å². The minimum absolute atomic E-state index is 0.0126. The summed E-state index contributed by atoms with van der Waals surface area (Å²) in [5.74, 6) is 0.793. The third-order valence-electron chi connectivity index (χ3n) is 4.32. The molecule has 1 fully saturated rings. The van der Waals surface area contributed by atoms with E-state index in [2.05, 4.69) is 14.3 Å². The molecule has 0 amide bonds. The number of benzene rings is 1. The molecule has 0 bridgehead atoms. The Morgan fingerprint density at radius 2 is 1.96 bits per heavy atom. The lowest BCUT2D eigenvalue weighted by atomic mass is 10.0. The SMILES string of the molecule is CCCNS(=O)(=O)NCC(c1cccc(OC)c1)N1CCCCC1. The van der Waals surface area contributed by atoms with Gasteiger partial charge in [-0.3, -0.25) is 4.90 Å². The van der Waals surface area contributed by atoms with Gasteiger partial charge in [-0.1, -0.05) is 25.5 Å². The molecule has 1 saturated heterocycles. The van der Waals surface area contributed by atoms with Crippen LogP contribution in [0.1, 0.15) is 44.2 Å². The summed E-state index contributed by atoms with van der Waals surface area (Å²) in [6.45, 7) is 4.72. The van der Waals surface area contributed by atoms with Gasteiger partial charge in [0.1, 0.15) is 5.75 Å². The Morgan fingerprint density at radius 3 is 2.62 bits per heavy atom. The number of rotatable bonds is 9. The number of hydrogen-bond donors (Lipinski definition) is 2. The number of methoxy groups -OCH3 is 1. The van der Waals surface area contributed by atoms with Crippen molar-refractivity contribution in [2.45, 2.75) is 38.6 Å². The molecule has 1 aliphatic heterocycles. The van der Waals surface area contributed by atoms with Crippen molar-refractivity contribution < 1.29 is 13.2 Å². The van der Waals surface area contributed by atoms with Crippen LogP contribution in [0.15, 0.2) is 24.3 Å². The molecule has 0 radical (unpaired) electrons. The van der Waals surface area contributed by atoms with Crippen LogP contribution >= 0.6 is 0 Å². The Bertz CT molecular complexity index is 601. The first-order chi connectivity index (χ1) is 11.6. The minimum atomic E-state index is -3.46. The average molecular weight is 356 g/mol. The van der Waals surface area contributed by atoms with Crippen LogP contribution in [0.5, 0.6) is 5.75 Å². The largest absolute Gasteiger partial charge is 0.497 e. The minimum Gasteiger partial charge on any atom is -0.497 e. The molecule has 1 aromatic carbocycles. The highest BCUT2D eigenvalue weighted by molar-refractivity contribution is 7.87. The molecular formula is C17H29N3O3S. The van der Waals surface area contributed by atoms with E-state index in [0.29, 0.717) is 13.1 Å². The van der Waals surface area contributed by atoms with Crippen LogP contribution in [0.2, 0.25) is 0 Å². The number of ether oxygens (including phenoxy) is 1. The summed E-state index contributed by atoms with van der Waals surface area (Å²) < 4.78 is 34.7. The molecule has 0 saturated carbocycles. The summed E-state index contributed by atoms with van der Waals surface area (Å²) in [5.41, 5.74) is 1.08. The van der Waals surface area contributed by atoms with E-state index in [1.807, 2.05) is 31.2 Å². The molecule has 2 rings (SSSR count). The molecule has 1 unspecified atom stereocenters. The molecule has 1 aliphatic rings. The van der Waals surface area contributed by atoms with Crippen molar-refractivity contribution in [1.29, 1.82) is 0 Å². The smallest absolute Gasteiger partial charge is 0.276 e. The maximum atomic E-state index is 12.1. The molecule has 0 aromatic heterocycles. The summed E-state index contributed by atoms with van der Waals surface area (Å²) >= 11 is 0. The van der Waals surface area contributed by atoms with Gasteiger partial charge in [-0.2, -0.15) is 8.42 Å². The highest BCUT2D eigenvalue weighted by Gasteiger charge is 2.24. The lowest BCUT2D eigenvalue weighted by Crippen LogP contribution is -2.44. The Morgan fingerprint density at radius 1 is 1.21 bits per heavy atom. The Kier molecular flexibility index (Phi) is 7.48. The first kappa shape index (κ1) is 19.2. The first-order valence-electron chi connectivity index (χ1n) is 8.68. The van der Waals surface area contributed by atoms with Crippen molar-refractivity contribution in [3.63, 3.8) is 0 Å². The fourth-order valence-electron chi connectivity index (χ4n) is 3.01. The molecule has 1 heterocycles. The highest BCUT2D eigenvalue weighted by Crippen LogP contribution is 2.26. The molecule has 0 spiro atoms. The van der Waals surface area contributed by atoms with Crippen molar-refractivity contribution in [1.82, 2.24) is 14.3 Å². The van der Waals surface area contributed by atoms with E-state index < -0.39 is 10.2 Å². The van der Waals surface area contributed by atoms with E-state index in [-0.39, 0.29) is 6.04 Å². The van der Waals surface area contributed by atoms with E-state index in [1.54, 1.807) is 7.11 Å². The molecule has 1 atom stereocenters. The molecule has 0 aliphatic carbocycles. The second kappa shape index (κ2) is 9.36. The maximum absolute atomic E-state index is 12.1. The summed E-state index contributed by atoms with van der Waals surface area (Å²) in [5, 5.41) is 0. The zero-order valence-electron chi connectivity index (χ0n) is 14.6. The van der Waals surface area contributed by atoms with Gasteiger partial charge in [0.15, 0.2) is 0 Å². The van der Waals surface area contributed by atoms with Crippen molar-refractivity contribution >= 4 is 10.2 Å². The van der Waals surface area contributed by atoms with Crippen molar-refractivity contribution in [3.05, 3.63) is 29.8 Å². The van der Waals surface area contributed by atoms with Gasteiger partial charge < -0.3 is 4.74 Å². The molecular weight excluding hydrogens is 326 g/mol. The van der Waals surface area contributed by atoms with E-state index in [9.17, 15) is 8.42 Å². The molecule has 2 N–H and O–H groups in total. The van der Waals surface area contributed by atoms with E-state index >= 15 is 0 Å². The van der Waals surface area contributed by atoms with Crippen LogP contribution in [-0.4, -0.2) is 46.6 Å². The van der Waals surface area contributed by atoms with Crippen molar-refractivity contribution in [2.75, 3.05) is 33.3 Å². The summed E-state index contributed by atoms with van der Waals surface area (Å²) in [6, 6.07) is 7.90. The molecule has 24 heavy (non-hydrogen) atoms. The number of likely N-dealkylation sites (tertiary alicyclic amines) is 1. The third-order valence-corrected chi connectivity index (χ3v) is 5.45. The number of hydrogen-bond acceptors (Lipinski definition) is 4. The van der Waals surface area contributed by atoms with Crippen LogP contribution in [0.4, 0.5) is 0 Å². The van der Waals surface area contributed by atoms with E-state index in [0.717, 1.165) is 43.7 Å². The molecule has 1 aromatic rings. The molecule has 6 nitrogen and oxygen atoms in total. The van der Waals surface area contributed by atoms with Gasteiger partial charge >= 0.3 is 0 Å². The molecule has 136 valence electrons. The summed E-state index contributed by atoms with van der Waals surface area (Å²) in [7, 11) is -1.81.